The topological polar surface area (TPSA) is 41.6 Å². The monoisotopic (exact) mass is 225 g/mol. The van der Waals surface area contributed by atoms with Crippen molar-refractivity contribution in [2.45, 2.75) is 38.1 Å². The zero-order valence-corrected chi connectivity index (χ0v) is 9.76. The van der Waals surface area contributed by atoms with Crippen LogP contribution >= 0.6 is 0 Å². The first-order valence-electron chi connectivity index (χ1n) is 6.26. The maximum absolute atomic E-state index is 9.07. The molecule has 17 heavy (non-hydrogen) atoms. The number of nitrogens with zero attached hydrogens (tertiary/aromatic N) is 3. The van der Waals surface area contributed by atoms with Gasteiger partial charge in [-0.25, -0.2) is 0 Å². The minimum absolute atomic E-state index is 0.523. The van der Waals surface area contributed by atoms with Gasteiger partial charge in [-0.1, -0.05) is 25.3 Å². The summed E-state index contributed by atoms with van der Waals surface area (Å²) < 4.78 is 2.12. The highest BCUT2D eigenvalue weighted by Crippen LogP contribution is 2.30. The maximum Gasteiger partial charge on any atom is 0.0999 e. The molecule has 1 fully saturated rings. The lowest BCUT2D eigenvalue weighted by Crippen LogP contribution is -2.13. The van der Waals surface area contributed by atoms with Gasteiger partial charge in [-0.2, -0.15) is 10.4 Å². The van der Waals surface area contributed by atoms with E-state index in [-0.39, 0.29) is 0 Å². The Kier molecular flexibility index (Phi) is 2.56. The molecular weight excluding hydrogens is 210 g/mol. The van der Waals surface area contributed by atoms with Crippen molar-refractivity contribution in [3.63, 3.8) is 0 Å². The average Bonchev–Trinajstić information content (AvgIpc) is 2.83. The fourth-order valence-corrected chi connectivity index (χ4v) is 2.78. The lowest BCUT2D eigenvalue weighted by molar-refractivity contribution is 0.337. The van der Waals surface area contributed by atoms with Crippen LogP contribution in [0.2, 0.25) is 0 Å². The molecule has 0 amide bonds. The molecule has 1 heterocycles. The Morgan fingerprint density at radius 3 is 2.82 bits per heavy atom. The van der Waals surface area contributed by atoms with E-state index in [0.29, 0.717) is 6.04 Å². The molecule has 0 unspecified atom stereocenters. The Hall–Kier alpha value is -1.82. The molecule has 2 aromatic rings. The molecule has 0 saturated heterocycles. The Morgan fingerprint density at radius 2 is 2.06 bits per heavy atom. The smallest absolute Gasteiger partial charge is 0.0999 e. The third kappa shape index (κ3) is 1.70. The number of benzene rings is 1. The number of hydrogen-bond acceptors (Lipinski definition) is 2. The first kappa shape index (κ1) is 10.3. The predicted molar refractivity (Wildman–Crippen MR) is 66.6 cm³/mol. The van der Waals surface area contributed by atoms with Gasteiger partial charge in [0.2, 0.25) is 0 Å². The third-order valence-corrected chi connectivity index (χ3v) is 3.68. The van der Waals surface area contributed by atoms with Gasteiger partial charge < -0.3 is 0 Å². The van der Waals surface area contributed by atoms with Crippen LogP contribution in [0, 0.1) is 11.3 Å². The van der Waals surface area contributed by atoms with Gasteiger partial charge in [0.25, 0.3) is 0 Å². The van der Waals surface area contributed by atoms with Crippen molar-refractivity contribution in [1.29, 1.82) is 5.26 Å². The highest BCUT2D eigenvalue weighted by Gasteiger charge is 2.18. The molecule has 0 N–H and O–H groups in total. The van der Waals surface area contributed by atoms with E-state index < -0.39 is 0 Å². The Bertz CT molecular complexity index is 571. The van der Waals surface area contributed by atoms with Crippen LogP contribution in [0.4, 0.5) is 0 Å². The molecule has 1 aliphatic carbocycles. The van der Waals surface area contributed by atoms with Crippen molar-refractivity contribution in [2.24, 2.45) is 0 Å². The standard InChI is InChI=1S/C14H15N3/c15-9-11-5-4-8-14-13(11)10-16-17(14)12-6-2-1-3-7-12/h4-5,8,10,12H,1-3,6-7H2. The normalized spacial score (nSPS) is 17.1. The molecule has 0 radical (unpaired) electrons. The lowest BCUT2D eigenvalue weighted by atomic mass is 9.95. The van der Waals surface area contributed by atoms with Gasteiger partial charge in [0.05, 0.1) is 29.4 Å². The molecule has 1 aromatic heterocycles. The molecular formula is C14H15N3. The van der Waals surface area contributed by atoms with Gasteiger partial charge in [0.1, 0.15) is 0 Å². The first-order chi connectivity index (χ1) is 8.40. The third-order valence-electron chi connectivity index (χ3n) is 3.68. The molecule has 0 atom stereocenters. The lowest BCUT2D eigenvalue weighted by Gasteiger charge is -2.22. The van der Waals surface area contributed by atoms with Crippen LogP contribution in [0.1, 0.15) is 43.7 Å². The molecule has 0 spiro atoms. The summed E-state index contributed by atoms with van der Waals surface area (Å²) in [6.45, 7) is 0. The van der Waals surface area contributed by atoms with E-state index >= 15 is 0 Å². The SMILES string of the molecule is N#Cc1cccc2c1cnn2C1CCCCC1. The van der Waals surface area contributed by atoms with Gasteiger partial charge in [0, 0.05) is 5.39 Å². The quantitative estimate of drug-likeness (QED) is 0.746. The van der Waals surface area contributed by atoms with Crippen molar-refractivity contribution in [1.82, 2.24) is 9.78 Å². The van der Waals surface area contributed by atoms with E-state index in [9.17, 15) is 0 Å². The van der Waals surface area contributed by atoms with Gasteiger partial charge in [0.15, 0.2) is 0 Å². The van der Waals surface area contributed by atoms with Gasteiger partial charge in [-0.15, -0.1) is 0 Å². The van der Waals surface area contributed by atoms with Crippen LogP contribution in [0.15, 0.2) is 24.4 Å². The Balaban J connectivity index is 2.09. The minimum Gasteiger partial charge on any atom is -0.262 e. The Labute approximate surface area is 101 Å². The predicted octanol–water partition coefficient (Wildman–Crippen LogP) is 3.41. The number of hydrogen-bond donors (Lipinski definition) is 0. The summed E-state index contributed by atoms with van der Waals surface area (Å²) in [6.07, 6.45) is 8.21. The van der Waals surface area contributed by atoms with E-state index in [0.717, 1.165) is 16.5 Å². The molecule has 86 valence electrons. The molecule has 0 bridgehead atoms. The number of fused-ring (bicyclic) bond motifs is 1. The van der Waals surface area contributed by atoms with E-state index in [1.54, 1.807) is 0 Å². The van der Waals surface area contributed by atoms with E-state index in [2.05, 4.69) is 21.9 Å². The molecule has 1 saturated carbocycles. The second-order valence-electron chi connectivity index (χ2n) is 4.73. The van der Waals surface area contributed by atoms with Gasteiger partial charge >= 0.3 is 0 Å². The number of rotatable bonds is 1. The zero-order chi connectivity index (χ0) is 11.7. The van der Waals surface area contributed by atoms with Gasteiger partial charge in [-0.3, -0.25) is 4.68 Å². The van der Waals surface area contributed by atoms with Crippen molar-refractivity contribution in [2.75, 3.05) is 0 Å². The number of aromatic nitrogens is 2. The molecule has 1 aromatic carbocycles. The highest BCUT2D eigenvalue weighted by molar-refractivity contribution is 5.84. The summed E-state index contributed by atoms with van der Waals surface area (Å²) in [5.74, 6) is 0. The van der Waals surface area contributed by atoms with Crippen LogP contribution in [0.3, 0.4) is 0 Å². The number of nitriles is 1. The summed E-state index contributed by atoms with van der Waals surface area (Å²) in [5.41, 5.74) is 1.83. The van der Waals surface area contributed by atoms with Crippen molar-refractivity contribution < 1.29 is 0 Å². The summed E-state index contributed by atoms with van der Waals surface area (Å²) in [5, 5.41) is 14.5. The molecule has 0 aliphatic heterocycles. The summed E-state index contributed by atoms with van der Waals surface area (Å²) in [6, 6.07) is 8.63. The van der Waals surface area contributed by atoms with Crippen LogP contribution < -0.4 is 0 Å². The van der Waals surface area contributed by atoms with Crippen molar-refractivity contribution >= 4 is 10.9 Å². The summed E-state index contributed by atoms with van der Waals surface area (Å²) in [7, 11) is 0. The van der Waals surface area contributed by atoms with Crippen LogP contribution in [-0.4, -0.2) is 9.78 Å². The molecule has 3 nitrogen and oxygen atoms in total. The zero-order valence-electron chi connectivity index (χ0n) is 9.76. The first-order valence-corrected chi connectivity index (χ1v) is 6.26. The second kappa shape index (κ2) is 4.21. The van der Waals surface area contributed by atoms with E-state index in [4.69, 9.17) is 5.26 Å². The second-order valence-corrected chi connectivity index (χ2v) is 4.73. The maximum atomic E-state index is 9.07. The molecule has 3 heteroatoms. The van der Waals surface area contributed by atoms with Crippen LogP contribution in [-0.2, 0) is 0 Å². The fourth-order valence-electron chi connectivity index (χ4n) is 2.78. The largest absolute Gasteiger partial charge is 0.262 e. The minimum atomic E-state index is 0.523. The van der Waals surface area contributed by atoms with Crippen LogP contribution in [0.5, 0.6) is 0 Å². The van der Waals surface area contributed by atoms with E-state index in [1.165, 1.54) is 32.1 Å². The summed E-state index contributed by atoms with van der Waals surface area (Å²) >= 11 is 0. The van der Waals surface area contributed by atoms with Gasteiger partial charge in [-0.05, 0) is 25.0 Å². The van der Waals surface area contributed by atoms with E-state index in [1.807, 2.05) is 18.3 Å². The van der Waals surface area contributed by atoms with Crippen molar-refractivity contribution in [3.05, 3.63) is 30.0 Å². The fraction of sp³-hybridized carbons (Fsp3) is 0.429. The molecule has 3 rings (SSSR count). The molecule has 1 aliphatic rings. The average molecular weight is 225 g/mol. The highest BCUT2D eigenvalue weighted by atomic mass is 15.3. The summed E-state index contributed by atoms with van der Waals surface area (Å²) in [4.78, 5) is 0. The van der Waals surface area contributed by atoms with Crippen molar-refractivity contribution in [3.8, 4) is 6.07 Å². The Morgan fingerprint density at radius 1 is 1.24 bits per heavy atom. The van der Waals surface area contributed by atoms with Crippen LogP contribution in [0.25, 0.3) is 10.9 Å².